The average molecular weight is 360 g/mol. The van der Waals surface area contributed by atoms with Crippen molar-refractivity contribution >= 4 is 34.2 Å². The van der Waals surface area contributed by atoms with Gasteiger partial charge in [-0.25, -0.2) is 4.98 Å². The standard InChI is InChI=1S/C17H20N4O3S/c1-9(2)13(20-15(23)11-6-4-10(3)5-7-11)16(24)21-17-19-12(8-25-17)14(18)22/h4-9,13H,1-3H3,(H2,18,22)(H,20,23)(H,19,21,24). The molecule has 0 fully saturated rings. The first kappa shape index (κ1) is 18.6. The van der Waals surface area contributed by atoms with Gasteiger partial charge in [0.05, 0.1) is 0 Å². The van der Waals surface area contributed by atoms with E-state index < -0.39 is 17.9 Å². The molecule has 0 aliphatic rings. The fourth-order valence-corrected chi connectivity index (χ4v) is 2.79. The lowest BCUT2D eigenvalue weighted by molar-refractivity contribution is -0.118. The molecular formula is C17H20N4O3S. The fraction of sp³-hybridized carbons (Fsp3) is 0.294. The van der Waals surface area contributed by atoms with Gasteiger partial charge in [0, 0.05) is 10.9 Å². The molecule has 0 bridgehead atoms. The number of primary amides is 1. The Hall–Kier alpha value is -2.74. The molecule has 0 radical (unpaired) electrons. The number of nitrogens with two attached hydrogens (primary N) is 1. The predicted molar refractivity (Wildman–Crippen MR) is 96.5 cm³/mol. The summed E-state index contributed by atoms with van der Waals surface area (Å²) in [6.07, 6.45) is 0. The van der Waals surface area contributed by atoms with Crippen molar-refractivity contribution < 1.29 is 14.4 Å². The minimum atomic E-state index is -0.741. The molecule has 0 spiro atoms. The van der Waals surface area contributed by atoms with Crippen molar-refractivity contribution in [2.45, 2.75) is 26.8 Å². The van der Waals surface area contributed by atoms with Crippen molar-refractivity contribution in [1.82, 2.24) is 10.3 Å². The zero-order chi connectivity index (χ0) is 18.6. The molecule has 0 aliphatic heterocycles. The molecule has 3 amide bonds. The Bertz CT molecular complexity index is 783. The van der Waals surface area contributed by atoms with E-state index in [1.54, 1.807) is 12.1 Å². The molecule has 2 aromatic rings. The Balaban J connectivity index is 2.08. The van der Waals surface area contributed by atoms with Crippen LogP contribution in [-0.4, -0.2) is 28.7 Å². The summed E-state index contributed by atoms with van der Waals surface area (Å²) in [4.78, 5) is 39.8. The van der Waals surface area contributed by atoms with Crippen molar-refractivity contribution in [3.63, 3.8) is 0 Å². The minimum absolute atomic E-state index is 0.0880. The van der Waals surface area contributed by atoms with Gasteiger partial charge in [-0.1, -0.05) is 31.5 Å². The lowest BCUT2D eigenvalue weighted by Crippen LogP contribution is -2.47. The number of rotatable bonds is 6. The van der Waals surface area contributed by atoms with Gasteiger partial charge in [-0.05, 0) is 25.0 Å². The highest BCUT2D eigenvalue weighted by atomic mass is 32.1. The molecule has 132 valence electrons. The van der Waals surface area contributed by atoms with E-state index in [0.29, 0.717) is 5.56 Å². The third-order valence-corrected chi connectivity index (χ3v) is 4.29. The number of aromatic nitrogens is 1. The molecule has 1 aromatic carbocycles. The Morgan fingerprint density at radius 2 is 1.80 bits per heavy atom. The highest BCUT2D eigenvalue weighted by Crippen LogP contribution is 2.16. The number of hydrogen-bond donors (Lipinski definition) is 3. The Morgan fingerprint density at radius 3 is 2.32 bits per heavy atom. The lowest BCUT2D eigenvalue weighted by Gasteiger charge is -2.21. The van der Waals surface area contributed by atoms with Crippen LogP contribution in [0.1, 0.15) is 40.3 Å². The van der Waals surface area contributed by atoms with Gasteiger partial charge in [0.15, 0.2) is 5.13 Å². The maximum atomic E-state index is 12.5. The molecular weight excluding hydrogens is 340 g/mol. The highest BCUT2D eigenvalue weighted by Gasteiger charge is 2.25. The fourth-order valence-electron chi connectivity index (χ4n) is 2.09. The molecule has 1 aromatic heterocycles. The van der Waals surface area contributed by atoms with Gasteiger partial charge in [0.25, 0.3) is 11.8 Å². The molecule has 0 saturated heterocycles. The van der Waals surface area contributed by atoms with E-state index in [9.17, 15) is 14.4 Å². The number of nitrogens with one attached hydrogen (secondary N) is 2. The zero-order valence-corrected chi connectivity index (χ0v) is 15.0. The van der Waals surface area contributed by atoms with Gasteiger partial charge >= 0.3 is 0 Å². The number of nitrogens with zero attached hydrogens (tertiary/aromatic N) is 1. The highest BCUT2D eigenvalue weighted by molar-refractivity contribution is 7.14. The van der Waals surface area contributed by atoms with Crippen LogP contribution in [-0.2, 0) is 4.79 Å². The average Bonchev–Trinajstić information content (AvgIpc) is 3.01. The number of hydrogen-bond acceptors (Lipinski definition) is 5. The molecule has 1 unspecified atom stereocenters. The number of amides is 3. The van der Waals surface area contributed by atoms with Crippen molar-refractivity contribution in [1.29, 1.82) is 0 Å². The van der Waals surface area contributed by atoms with Crippen LogP contribution in [0.2, 0.25) is 0 Å². The van der Waals surface area contributed by atoms with Crippen LogP contribution in [0.4, 0.5) is 5.13 Å². The summed E-state index contributed by atoms with van der Waals surface area (Å²) in [5.41, 5.74) is 6.76. The van der Waals surface area contributed by atoms with Gasteiger partial charge in [0.2, 0.25) is 5.91 Å². The number of carbonyl (C=O) groups excluding carboxylic acids is 3. The summed E-state index contributed by atoms with van der Waals surface area (Å²) in [7, 11) is 0. The van der Waals surface area contributed by atoms with Gasteiger partial charge in [-0.2, -0.15) is 0 Å². The minimum Gasteiger partial charge on any atom is -0.364 e. The third kappa shape index (κ3) is 4.87. The van der Waals surface area contributed by atoms with Crippen molar-refractivity contribution in [2.24, 2.45) is 11.7 Å². The molecule has 1 heterocycles. The van der Waals surface area contributed by atoms with Crippen LogP contribution < -0.4 is 16.4 Å². The quantitative estimate of drug-likeness (QED) is 0.730. The summed E-state index contributed by atoms with van der Waals surface area (Å²) in [5.74, 6) is -1.53. The molecule has 2 rings (SSSR count). The summed E-state index contributed by atoms with van der Waals surface area (Å²) >= 11 is 1.10. The van der Waals surface area contributed by atoms with E-state index >= 15 is 0 Å². The van der Waals surface area contributed by atoms with Crippen molar-refractivity contribution in [3.8, 4) is 0 Å². The van der Waals surface area contributed by atoms with Crippen LogP contribution in [0.25, 0.3) is 0 Å². The normalized spacial score (nSPS) is 11.8. The van der Waals surface area contributed by atoms with Gasteiger partial charge < -0.3 is 16.4 Å². The Kier molecular flexibility index (Phi) is 5.87. The van der Waals surface area contributed by atoms with E-state index in [2.05, 4.69) is 15.6 Å². The first-order valence-corrected chi connectivity index (χ1v) is 8.59. The summed E-state index contributed by atoms with van der Waals surface area (Å²) in [6, 6.07) is 6.34. The Labute approximate surface area is 149 Å². The smallest absolute Gasteiger partial charge is 0.268 e. The summed E-state index contributed by atoms with van der Waals surface area (Å²) in [5, 5.41) is 7.07. The second-order valence-corrected chi connectivity index (χ2v) is 6.81. The monoisotopic (exact) mass is 360 g/mol. The van der Waals surface area contributed by atoms with E-state index in [1.807, 2.05) is 32.9 Å². The molecule has 4 N–H and O–H groups in total. The topological polar surface area (TPSA) is 114 Å². The van der Waals surface area contributed by atoms with Crippen LogP contribution in [0, 0.1) is 12.8 Å². The second kappa shape index (κ2) is 7.89. The maximum Gasteiger partial charge on any atom is 0.268 e. The number of anilines is 1. The van der Waals surface area contributed by atoms with Crippen molar-refractivity contribution in [2.75, 3.05) is 5.32 Å². The number of thiazole rings is 1. The Morgan fingerprint density at radius 1 is 1.16 bits per heavy atom. The van der Waals surface area contributed by atoms with E-state index in [4.69, 9.17) is 5.73 Å². The van der Waals surface area contributed by atoms with E-state index in [1.165, 1.54) is 5.38 Å². The van der Waals surface area contributed by atoms with Gasteiger partial charge in [-0.15, -0.1) is 11.3 Å². The third-order valence-electron chi connectivity index (χ3n) is 3.54. The van der Waals surface area contributed by atoms with E-state index in [0.717, 1.165) is 16.9 Å². The van der Waals surface area contributed by atoms with Crippen LogP contribution in [0.5, 0.6) is 0 Å². The first-order chi connectivity index (χ1) is 11.8. The largest absolute Gasteiger partial charge is 0.364 e. The maximum absolute atomic E-state index is 12.5. The predicted octanol–water partition coefficient (Wildman–Crippen LogP) is 1.94. The van der Waals surface area contributed by atoms with Crippen LogP contribution >= 0.6 is 11.3 Å². The van der Waals surface area contributed by atoms with Crippen LogP contribution in [0.3, 0.4) is 0 Å². The molecule has 25 heavy (non-hydrogen) atoms. The lowest BCUT2D eigenvalue weighted by atomic mass is 10.0. The van der Waals surface area contributed by atoms with Gasteiger partial charge in [0.1, 0.15) is 11.7 Å². The molecule has 7 nitrogen and oxygen atoms in total. The van der Waals surface area contributed by atoms with Crippen LogP contribution in [0.15, 0.2) is 29.6 Å². The number of benzene rings is 1. The summed E-state index contributed by atoms with van der Waals surface area (Å²) < 4.78 is 0. The SMILES string of the molecule is Cc1ccc(C(=O)NC(C(=O)Nc2nc(C(N)=O)cs2)C(C)C)cc1. The number of aryl methyl sites for hydroxylation is 1. The molecule has 0 saturated carbocycles. The second-order valence-electron chi connectivity index (χ2n) is 5.95. The van der Waals surface area contributed by atoms with Crippen molar-refractivity contribution in [3.05, 3.63) is 46.5 Å². The molecule has 1 atom stereocenters. The van der Waals surface area contributed by atoms with E-state index in [-0.39, 0.29) is 22.7 Å². The molecule has 0 aliphatic carbocycles. The number of carbonyl (C=O) groups is 3. The summed E-state index contributed by atoms with van der Waals surface area (Å²) in [6.45, 7) is 5.59. The first-order valence-electron chi connectivity index (χ1n) is 7.71. The van der Waals surface area contributed by atoms with Gasteiger partial charge in [-0.3, -0.25) is 14.4 Å². The molecule has 8 heteroatoms. The zero-order valence-electron chi connectivity index (χ0n) is 14.2.